The van der Waals surface area contributed by atoms with E-state index in [-0.39, 0.29) is 6.04 Å². The standard InChI is InChI=1S/C18H16N4O3S2/c23-27(24,16-6-3-11-26-16)21-9-7-13(12-21)22-17-14(4-1-8-19-17)20-18(22)15-5-2-10-25-15/h1-6,8,10-11,13H,7,9,12H2. The van der Waals surface area contributed by atoms with Crippen LogP contribution in [0.4, 0.5) is 0 Å². The monoisotopic (exact) mass is 400 g/mol. The Hall–Kier alpha value is -2.49. The molecule has 0 N–H and O–H groups in total. The number of hydrogen-bond acceptors (Lipinski definition) is 6. The first kappa shape index (κ1) is 16.7. The number of fused-ring (bicyclic) bond motifs is 1. The van der Waals surface area contributed by atoms with E-state index in [1.165, 1.54) is 11.3 Å². The molecule has 1 saturated heterocycles. The zero-order valence-corrected chi connectivity index (χ0v) is 15.9. The lowest BCUT2D eigenvalue weighted by molar-refractivity contribution is 0.455. The lowest BCUT2D eigenvalue weighted by Crippen LogP contribution is -2.28. The molecule has 1 aliphatic rings. The molecule has 7 nitrogen and oxygen atoms in total. The number of pyridine rings is 1. The minimum Gasteiger partial charge on any atom is -0.461 e. The number of rotatable bonds is 4. The summed E-state index contributed by atoms with van der Waals surface area (Å²) in [6, 6.07) is 10.8. The maximum Gasteiger partial charge on any atom is 0.252 e. The van der Waals surface area contributed by atoms with E-state index >= 15 is 0 Å². The Kier molecular flexibility index (Phi) is 3.88. The van der Waals surface area contributed by atoms with Crippen LogP contribution in [0.15, 0.2) is 62.9 Å². The molecule has 1 atom stereocenters. The second-order valence-electron chi connectivity index (χ2n) is 6.37. The van der Waals surface area contributed by atoms with Gasteiger partial charge in [0.15, 0.2) is 17.2 Å². The predicted molar refractivity (Wildman–Crippen MR) is 102 cm³/mol. The van der Waals surface area contributed by atoms with Gasteiger partial charge in [-0.05, 0) is 42.1 Å². The van der Waals surface area contributed by atoms with Gasteiger partial charge in [-0.2, -0.15) is 4.31 Å². The largest absolute Gasteiger partial charge is 0.461 e. The van der Waals surface area contributed by atoms with E-state index in [4.69, 9.17) is 4.42 Å². The molecule has 0 radical (unpaired) electrons. The highest BCUT2D eigenvalue weighted by Gasteiger charge is 2.36. The molecule has 0 bridgehead atoms. The summed E-state index contributed by atoms with van der Waals surface area (Å²) in [7, 11) is -3.47. The van der Waals surface area contributed by atoms with E-state index in [0.717, 1.165) is 11.2 Å². The molecule has 1 fully saturated rings. The van der Waals surface area contributed by atoms with E-state index in [2.05, 4.69) is 9.97 Å². The van der Waals surface area contributed by atoms with Crippen molar-refractivity contribution in [2.75, 3.05) is 13.1 Å². The first-order chi connectivity index (χ1) is 13.1. The van der Waals surface area contributed by atoms with Crippen LogP contribution in [-0.4, -0.2) is 40.3 Å². The molecule has 27 heavy (non-hydrogen) atoms. The fourth-order valence-electron chi connectivity index (χ4n) is 3.53. The molecule has 138 valence electrons. The van der Waals surface area contributed by atoms with E-state index < -0.39 is 10.0 Å². The SMILES string of the molecule is O=S(=O)(c1cccs1)N1CCC(n2c(-c3ccco3)nc3cccnc32)C1. The van der Waals surface area contributed by atoms with Gasteiger partial charge in [0.1, 0.15) is 9.73 Å². The highest BCUT2D eigenvalue weighted by molar-refractivity contribution is 7.91. The average Bonchev–Trinajstić information content (AvgIpc) is 3.48. The van der Waals surface area contributed by atoms with Crippen LogP contribution in [0.2, 0.25) is 0 Å². The van der Waals surface area contributed by atoms with Crippen molar-refractivity contribution in [3.63, 3.8) is 0 Å². The van der Waals surface area contributed by atoms with Gasteiger partial charge in [0.25, 0.3) is 10.0 Å². The van der Waals surface area contributed by atoms with Crippen molar-refractivity contribution in [2.24, 2.45) is 0 Å². The summed E-state index contributed by atoms with van der Waals surface area (Å²) in [4.78, 5) is 9.16. The number of imidazole rings is 1. The maximum absolute atomic E-state index is 12.9. The van der Waals surface area contributed by atoms with Crippen LogP contribution in [0.1, 0.15) is 12.5 Å². The van der Waals surface area contributed by atoms with Crippen LogP contribution >= 0.6 is 11.3 Å². The zero-order chi connectivity index (χ0) is 18.4. The molecule has 0 amide bonds. The van der Waals surface area contributed by atoms with Crippen molar-refractivity contribution in [2.45, 2.75) is 16.7 Å². The number of thiophene rings is 1. The number of furan rings is 1. The summed E-state index contributed by atoms with van der Waals surface area (Å²) < 4.78 is 35.2. The van der Waals surface area contributed by atoms with Crippen molar-refractivity contribution in [1.82, 2.24) is 18.8 Å². The molecule has 0 aromatic carbocycles. The lowest BCUT2D eigenvalue weighted by Gasteiger charge is -2.17. The van der Waals surface area contributed by atoms with E-state index in [9.17, 15) is 8.42 Å². The summed E-state index contributed by atoms with van der Waals surface area (Å²) in [6.45, 7) is 0.852. The number of nitrogens with zero attached hydrogens (tertiary/aromatic N) is 4. The van der Waals surface area contributed by atoms with Crippen molar-refractivity contribution >= 4 is 32.5 Å². The van der Waals surface area contributed by atoms with E-state index in [0.29, 0.717) is 35.3 Å². The summed E-state index contributed by atoms with van der Waals surface area (Å²) >= 11 is 1.24. The fraction of sp³-hybridized carbons (Fsp3) is 0.222. The molecule has 0 saturated carbocycles. The van der Waals surface area contributed by atoms with E-state index in [1.54, 1.807) is 34.3 Å². The minimum absolute atomic E-state index is 0.0558. The van der Waals surface area contributed by atoms with E-state index in [1.807, 2.05) is 28.8 Å². The van der Waals surface area contributed by atoms with Gasteiger partial charge in [0.05, 0.1) is 12.3 Å². The van der Waals surface area contributed by atoms with Gasteiger partial charge >= 0.3 is 0 Å². The predicted octanol–water partition coefficient (Wildman–Crippen LogP) is 3.39. The molecule has 0 spiro atoms. The number of sulfonamides is 1. The third-order valence-corrected chi connectivity index (χ3v) is 8.01. The minimum atomic E-state index is -3.47. The summed E-state index contributed by atoms with van der Waals surface area (Å²) in [5.41, 5.74) is 1.51. The molecule has 0 aliphatic carbocycles. The van der Waals surface area contributed by atoms with Gasteiger partial charge in [-0.1, -0.05) is 6.07 Å². The van der Waals surface area contributed by atoms with Gasteiger partial charge in [-0.3, -0.25) is 0 Å². The molecule has 9 heteroatoms. The van der Waals surface area contributed by atoms with Gasteiger partial charge < -0.3 is 8.98 Å². The molecule has 5 rings (SSSR count). The lowest BCUT2D eigenvalue weighted by atomic mass is 10.2. The van der Waals surface area contributed by atoms with Crippen LogP contribution in [-0.2, 0) is 10.0 Å². The molecular weight excluding hydrogens is 384 g/mol. The Morgan fingerprint density at radius 3 is 2.89 bits per heavy atom. The highest BCUT2D eigenvalue weighted by atomic mass is 32.2. The topological polar surface area (TPSA) is 81.2 Å². The van der Waals surface area contributed by atoms with Crippen LogP contribution in [0.25, 0.3) is 22.7 Å². The van der Waals surface area contributed by atoms with Gasteiger partial charge in [0.2, 0.25) is 0 Å². The van der Waals surface area contributed by atoms with Crippen molar-refractivity contribution in [3.8, 4) is 11.6 Å². The summed E-state index contributed by atoms with van der Waals surface area (Å²) in [6.07, 6.45) is 4.02. The summed E-state index contributed by atoms with van der Waals surface area (Å²) in [5.74, 6) is 1.32. The third-order valence-electron chi connectivity index (χ3n) is 4.77. The van der Waals surface area contributed by atoms with Gasteiger partial charge in [-0.25, -0.2) is 18.4 Å². The van der Waals surface area contributed by atoms with Crippen molar-refractivity contribution in [1.29, 1.82) is 0 Å². The van der Waals surface area contributed by atoms with Crippen LogP contribution in [0.5, 0.6) is 0 Å². The smallest absolute Gasteiger partial charge is 0.252 e. The second-order valence-corrected chi connectivity index (χ2v) is 9.48. The Morgan fingerprint density at radius 2 is 2.11 bits per heavy atom. The molecule has 5 heterocycles. The first-order valence-corrected chi connectivity index (χ1v) is 10.9. The fourth-order valence-corrected chi connectivity index (χ4v) is 6.17. The van der Waals surface area contributed by atoms with Crippen LogP contribution < -0.4 is 0 Å². The molecule has 1 unspecified atom stereocenters. The molecular formula is C18H16N4O3S2. The molecule has 1 aliphatic heterocycles. The Bertz CT molecular complexity index is 1180. The van der Waals surface area contributed by atoms with Crippen molar-refractivity contribution < 1.29 is 12.8 Å². The van der Waals surface area contributed by atoms with Gasteiger partial charge in [-0.15, -0.1) is 11.3 Å². The van der Waals surface area contributed by atoms with Crippen molar-refractivity contribution in [3.05, 3.63) is 54.2 Å². The first-order valence-electron chi connectivity index (χ1n) is 8.55. The van der Waals surface area contributed by atoms with Crippen LogP contribution in [0, 0.1) is 0 Å². The zero-order valence-electron chi connectivity index (χ0n) is 14.2. The molecule has 4 aromatic rings. The van der Waals surface area contributed by atoms with Crippen LogP contribution in [0.3, 0.4) is 0 Å². The normalized spacial score (nSPS) is 18.4. The summed E-state index contributed by atoms with van der Waals surface area (Å²) in [5, 5.41) is 1.78. The number of hydrogen-bond donors (Lipinski definition) is 0. The average molecular weight is 400 g/mol. The van der Waals surface area contributed by atoms with Gasteiger partial charge in [0, 0.05) is 19.3 Å². The Balaban J connectivity index is 1.56. The number of aromatic nitrogens is 3. The Morgan fingerprint density at radius 1 is 1.19 bits per heavy atom. The highest BCUT2D eigenvalue weighted by Crippen LogP contribution is 2.34. The molecule has 4 aromatic heterocycles. The quantitative estimate of drug-likeness (QED) is 0.524. The third kappa shape index (κ3) is 2.70. The second kappa shape index (κ2) is 6.29. The Labute approximate surface area is 159 Å². The maximum atomic E-state index is 12.9.